The molecule has 0 unspecified atom stereocenters. The lowest BCUT2D eigenvalue weighted by Gasteiger charge is -2.31. The van der Waals surface area contributed by atoms with E-state index in [-0.39, 0.29) is 23.7 Å². The van der Waals surface area contributed by atoms with E-state index < -0.39 is 17.3 Å². The largest absolute Gasteiger partial charge is 0.425 e. The standard InChI is InChI=1S/C29H27NO4/c1-18-10-15-24-22(16-18)29(27(33)34-24,20-8-6-5-7-9-20)23-17-25(31)30(26(23)32)21-13-11-19(12-14-21)28(2,3)4/h5-16,23H,17H2,1-4H3/t23-,29+/m1/s1. The molecule has 2 atom stereocenters. The highest BCUT2D eigenvalue weighted by Crippen LogP contribution is 2.52. The van der Waals surface area contributed by atoms with Crippen molar-refractivity contribution in [2.45, 2.75) is 44.9 Å². The molecule has 5 heteroatoms. The molecule has 0 aromatic heterocycles. The van der Waals surface area contributed by atoms with Gasteiger partial charge in [0.1, 0.15) is 11.2 Å². The summed E-state index contributed by atoms with van der Waals surface area (Å²) >= 11 is 0. The third-order valence-corrected chi connectivity index (χ3v) is 6.97. The quantitative estimate of drug-likeness (QED) is 0.315. The number of amides is 2. The Hall–Kier alpha value is -3.73. The van der Waals surface area contributed by atoms with Gasteiger partial charge in [0.05, 0.1) is 11.6 Å². The minimum absolute atomic E-state index is 0.0490. The Morgan fingerprint density at radius 2 is 1.59 bits per heavy atom. The fraction of sp³-hybridized carbons (Fsp3) is 0.276. The van der Waals surface area contributed by atoms with E-state index in [1.807, 2.05) is 61.5 Å². The van der Waals surface area contributed by atoms with Crippen LogP contribution >= 0.6 is 0 Å². The zero-order valence-corrected chi connectivity index (χ0v) is 19.8. The number of nitrogens with zero attached hydrogens (tertiary/aromatic N) is 1. The van der Waals surface area contributed by atoms with Gasteiger partial charge < -0.3 is 4.74 Å². The topological polar surface area (TPSA) is 63.7 Å². The highest BCUT2D eigenvalue weighted by atomic mass is 16.5. The lowest BCUT2D eigenvalue weighted by atomic mass is 9.65. The highest BCUT2D eigenvalue weighted by Gasteiger charge is 2.62. The number of fused-ring (bicyclic) bond motifs is 1. The summed E-state index contributed by atoms with van der Waals surface area (Å²) in [4.78, 5) is 42.0. The van der Waals surface area contributed by atoms with Crippen LogP contribution in [0.3, 0.4) is 0 Å². The Bertz CT molecular complexity index is 1300. The Morgan fingerprint density at radius 1 is 0.912 bits per heavy atom. The van der Waals surface area contributed by atoms with Gasteiger partial charge in [-0.15, -0.1) is 0 Å². The van der Waals surface area contributed by atoms with Crippen molar-refractivity contribution in [3.63, 3.8) is 0 Å². The number of ether oxygens (including phenoxy) is 1. The zero-order valence-electron chi connectivity index (χ0n) is 19.8. The fourth-order valence-corrected chi connectivity index (χ4v) is 5.19. The normalized spacial score (nSPS) is 22.2. The summed E-state index contributed by atoms with van der Waals surface area (Å²) in [5.74, 6) is -1.69. The van der Waals surface area contributed by atoms with E-state index in [1.165, 1.54) is 4.90 Å². The van der Waals surface area contributed by atoms with Gasteiger partial charge in [-0.05, 0) is 41.7 Å². The first kappa shape index (κ1) is 22.1. The third kappa shape index (κ3) is 3.18. The highest BCUT2D eigenvalue weighted by molar-refractivity contribution is 6.23. The molecule has 5 nitrogen and oxygen atoms in total. The molecule has 172 valence electrons. The van der Waals surface area contributed by atoms with Crippen molar-refractivity contribution in [1.82, 2.24) is 0 Å². The van der Waals surface area contributed by atoms with E-state index in [4.69, 9.17) is 4.74 Å². The van der Waals surface area contributed by atoms with E-state index in [1.54, 1.807) is 18.2 Å². The van der Waals surface area contributed by atoms with Gasteiger partial charge in [-0.3, -0.25) is 19.3 Å². The van der Waals surface area contributed by atoms with E-state index in [2.05, 4.69) is 20.8 Å². The van der Waals surface area contributed by atoms with Crippen molar-refractivity contribution in [3.8, 4) is 5.75 Å². The maximum atomic E-state index is 13.9. The summed E-state index contributed by atoms with van der Waals surface area (Å²) in [5, 5.41) is 0. The number of esters is 1. The second-order valence-electron chi connectivity index (χ2n) is 10.2. The van der Waals surface area contributed by atoms with Gasteiger partial charge in [0.15, 0.2) is 0 Å². The number of anilines is 1. The Balaban J connectivity index is 1.64. The van der Waals surface area contributed by atoms with Gasteiger partial charge in [-0.25, -0.2) is 0 Å². The monoisotopic (exact) mass is 453 g/mol. The average molecular weight is 454 g/mol. The van der Waals surface area contributed by atoms with Gasteiger partial charge in [0.2, 0.25) is 11.8 Å². The molecular weight excluding hydrogens is 426 g/mol. The van der Waals surface area contributed by atoms with Crippen molar-refractivity contribution in [2.75, 3.05) is 4.90 Å². The van der Waals surface area contributed by atoms with Crippen molar-refractivity contribution < 1.29 is 19.1 Å². The molecule has 0 aliphatic carbocycles. The lowest BCUT2D eigenvalue weighted by molar-refractivity contribution is -0.141. The van der Waals surface area contributed by atoms with Crippen LogP contribution in [-0.2, 0) is 25.2 Å². The molecule has 5 rings (SSSR count). The number of hydrogen-bond acceptors (Lipinski definition) is 4. The number of benzene rings is 3. The van der Waals surface area contributed by atoms with Crippen LogP contribution in [0.5, 0.6) is 5.75 Å². The van der Waals surface area contributed by atoms with E-state index in [9.17, 15) is 14.4 Å². The van der Waals surface area contributed by atoms with Crippen molar-refractivity contribution in [1.29, 1.82) is 0 Å². The van der Waals surface area contributed by atoms with Crippen LogP contribution in [-0.4, -0.2) is 17.8 Å². The number of rotatable bonds is 3. The first-order valence-corrected chi connectivity index (χ1v) is 11.5. The first-order valence-electron chi connectivity index (χ1n) is 11.5. The van der Waals surface area contributed by atoms with E-state index in [0.29, 0.717) is 22.6 Å². The molecule has 2 aliphatic rings. The van der Waals surface area contributed by atoms with Crippen LogP contribution in [0.25, 0.3) is 0 Å². The molecule has 2 amide bonds. The Kier molecular flexibility index (Phi) is 4.97. The van der Waals surface area contributed by atoms with Crippen molar-refractivity contribution in [3.05, 3.63) is 95.1 Å². The summed E-state index contributed by atoms with van der Waals surface area (Å²) < 4.78 is 5.70. The Labute approximate surface area is 199 Å². The van der Waals surface area contributed by atoms with Crippen molar-refractivity contribution >= 4 is 23.5 Å². The van der Waals surface area contributed by atoms with Gasteiger partial charge in [-0.2, -0.15) is 0 Å². The van der Waals surface area contributed by atoms with E-state index in [0.717, 1.165) is 11.1 Å². The number of imide groups is 1. The number of aryl methyl sites for hydroxylation is 1. The molecule has 2 aliphatic heterocycles. The molecule has 1 fully saturated rings. The number of carbonyl (C=O) groups excluding carboxylic acids is 3. The van der Waals surface area contributed by atoms with Gasteiger partial charge in [0, 0.05) is 12.0 Å². The summed E-state index contributed by atoms with van der Waals surface area (Å²) in [6.45, 7) is 8.26. The summed E-state index contributed by atoms with van der Waals surface area (Å²) in [7, 11) is 0. The van der Waals surface area contributed by atoms with Gasteiger partial charge >= 0.3 is 5.97 Å². The summed E-state index contributed by atoms with van der Waals surface area (Å²) in [6, 6.07) is 22.2. The average Bonchev–Trinajstić information content (AvgIpc) is 3.26. The maximum Gasteiger partial charge on any atom is 0.327 e. The number of carbonyl (C=O) groups is 3. The molecule has 0 N–H and O–H groups in total. The van der Waals surface area contributed by atoms with E-state index >= 15 is 0 Å². The van der Waals surface area contributed by atoms with Gasteiger partial charge in [-0.1, -0.05) is 80.9 Å². The molecule has 3 aromatic rings. The first-order chi connectivity index (χ1) is 16.1. The molecule has 1 saturated heterocycles. The van der Waals surface area contributed by atoms with Gasteiger partial charge in [0.25, 0.3) is 0 Å². The predicted molar refractivity (Wildman–Crippen MR) is 130 cm³/mol. The minimum atomic E-state index is -1.38. The zero-order chi connectivity index (χ0) is 24.3. The molecule has 2 heterocycles. The molecule has 0 radical (unpaired) electrons. The minimum Gasteiger partial charge on any atom is -0.425 e. The smallest absolute Gasteiger partial charge is 0.327 e. The third-order valence-electron chi connectivity index (χ3n) is 6.97. The SMILES string of the molecule is Cc1ccc2c(c1)[C@@](c1ccccc1)([C@@H]1CC(=O)N(c3ccc(C(C)(C)C)cc3)C1=O)C(=O)O2. The Morgan fingerprint density at radius 3 is 2.24 bits per heavy atom. The summed E-state index contributed by atoms with van der Waals surface area (Å²) in [6.07, 6.45) is -0.0722. The van der Waals surface area contributed by atoms with Crippen LogP contribution in [0, 0.1) is 12.8 Å². The molecule has 0 spiro atoms. The second kappa shape index (κ2) is 7.66. The summed E-state index contributed by atoms with van der Waals surface area (Å²) in [5.41, 5.74) is 2.44. The lowest BCUT2D eigenvalue weighted by Crippen LogP contribution is -2.46. The number of hydrogen-bond donors (Lipinski definition) is 0. The second-order valence-corrected chi connectivity index (χ2v) is 10.2. The van der Waals surface area contributed by atoms with Crippen LogP contribution < -0.4 is 9.64 Å². The molecule has 3 aromatic carbocycles. The van der Waals surface area contributed by atoms with Crippen LogP contribution in [0.15, 0.2) is 72.8 Å². The van der Waals surface area contributed by atoms with Crippen LogP contribution in [0.2, 0.25) is 0 Å². The predicted octanol–water partition coefficient (Wildman–Crippen LogP) is 5.08. The van der Waals surface area contributed by atoms with Crippen LogP contribution in [0.1, 0.15) is 49.4 Å². The fourth-order valence-electron chi connectivity index (χ4n) is 5.19. The van der Waals surface area contributed by atoms with Crippen molar-refractivity contribution in [2.24, 2.45) is 5.92 Å². The maximum absolute atomic E-state index is 13.9. The molecule has 0 saturated carbocycles. The van der Waals surface area contributed by atoms with Crippen LogP contribution in [0.4, 0.5) is 5.69 Å². The molecule has 0 bridgehead atoms. The molecule has 34 heavy (non-hydrogen) atoms. The molecular formula is C29H27NO4.